The summed E-state index contributed by atoms with van der Waals surface area (Å²) in [5.41, 5.74) is -4.64. The summed E-state index contributed by atoms with van der Waals surface area (Å²) in [6.45, 7) is 0. The summed E-state index contributed by atoms with van der Waals surface area (Å²) in [5.74, 6) is 0. The molecule has 1 aromatic carbocycles. The van der Waals surface area contributed by atoms with Crippen LogP contribution in [0.15, 0.2) is 18.2 Å². The second kappa shape index (κ2) is 5.57. The molecule has 12 heteroatoms. The topological polar surface area (TPSA) is 41.1 Å². The van der Waals surface area contributed by atoms with Crippen molar-refractivity contribution in [3.05, 3.63) is 29.3 Å². The summed E-state index contributed by atoms with van der Waals surface area (Å²) in [6.07, 6.45) is -15.6. The molecule has 22 heavy (non-hydrogen) atoms. The molecule has 0 fully saturated rings. The van der Waals surface area contributed by atoms with E-state index in [1.54, 1.807) is 0 Å². The molecule has 0 aliphatic heterocycles. The molecule has 0 spiro atoms. The summed E-state index contributed by atoms with van der Waals surface area (Å²) in [5, 5.41) is 1.62. The van der Waals surface area contributed by atoms with E-state index < -0.39 is 41.5 Å². The molecule has 1 rings (SSSR count). The Bertz CT molecular complexity index is 527. The Kier molecular flexibility index (Phi) is 4.54. The van der Waals surface area contributed by atoms with Crippen molar-refractivity contribution < 1.29 is 44.3 Å². The van der Waals surface area contributed by atoms with Gasteiger partial charge in [-0.3, -0.25) is 0 Å². The number of halogens is 9. The molecular weight excluding hydrogens is 335 g/mol. The molecule has 0 radical (unpaired) electrons. The van der Waals surface area contributed by atoms with E-state index in [0.717, 1.165) is 0 Å². The highest BCUT2D eigenvalue weighted by molar-refractivity contribution is 5.89. The van der Waals surface area contributed by atoms with Crippen LogP contribution in [0.5, 0.6) is 0 Å². The van der Waals surface area contributed by atoms with E-state index >= 15 is 0 Å². The van der Waals surface area contributed by atoms with Crippen LogP contribution in [0.4, 0.5) is 50.0 Å². The largest absolute Gasteiger partial charge is 0.485 e. The third kappa shape index (κ3) is 5.33. The lowest BCUT2D eigenvalue weighted by Crippen LogP contribution is -2.40. The first-order valence-electron chi connectivity index (χ1n) is 5.14. The van der Waals surface area contributed by atoms with Crippen molar-refractivity contribution in [3.63, 3.8) is 0 Å². The molecule has 0 atom stereocenters. The highest BCUT2D eigenvalue weighted by Gasteiger charge is 2.37. The first kappa shape index (κ1) is 17.9. The Hall–Kier alpha value is -2.14. The van der Waals surface area contributed by atoms with E-state index in [9.17, 15) is 44.3 Å². The van der Waals surface area contributed by atoms with E-state index in [1.165, 1.54) is 5.32 Å². The number of hydrogen-bond acceptors (Lipinski definition) is 1. The van der Waals surface area contributed by atoms with E-state index in [-0.39, 0.29) is 18.2 Å². The highest BCUT2D eigenvalue weighted by atomic mass is 19.4. The predicted octanol–water partition coefficient (Wildman–Crippen LogP) is 4.37. The minimum atomic E-state index is -5.20. The molecule has 2 amide bonds. The molecule has 2 N–H and O–H groups in total. The minimum absolute atomic E-state index is 0.0746. The summed E-state index contributed by atoms with van der Waals surface area (Å²) >= 11 is 0. The number of carbonyl (C=O) groups excluding carboxylic acids is 1. The number of amides is 2. The van der Waals surface area contributed by atoms with E-state index in [4.69, 9.17) is 0 Å². The van der Waals surface area contributed by atoms with Gasteiger partial charge in [0.2, 0.25) is 0 Å². The Balaban J connectivity index is 3.17. The molecule has 0 heterocycles. The fraction of sp³-hybridized carbons (Fsp3) is 0.300. The maximum atomic E-state index is 12.5. The van der Waals surface area contributed by atoms with Gasteiger partial charge in [-0.2, -0.15) is 39.5 Å². The van der Waals surface area contributed by atoms with Gasteiger partial charge in [0, 0.05) is 5.69 Å². The number of nitrogens with one attached hydrogen (secondary N) is 2. The third-order valence-electron chi connectivity index (χ3n) is 2.10. The van der Waals surface area contributed by atoms with Gasteiger partial charge in [0.15, 0.2) is 0 Å². The monoisotopic (exact) mass is 340 g/mol. The fourth-order valence-electron chi connectivity index (χ4n) is 1.32. The third-order valence-corrected chi connectivity index (χ3v) is 2.10. The predicted molar refractivity (Wildman–Crippen MR) is 54.7 cm³/mol. The van der Waals surface area contributed by atoms with Crippen LogP contribution in [-0.2, 0) is 12.4 Å². The van der Waals surface area contributed by atoms with Crippen molar-refractivity contribution in [1.29, 1.82) is 0 Å². The van der Waals surface area contributed by atoms with Crippen molar-refractivity contribution >= 4 is 11.7 Å². The van der Waals surface area contributed by atoms with Crippen LogP contribution in [0.25, 0.3) is 0 Å². The lowest BCUT2D eigenvalue weighted by atomic mass is 10.1. The van der Waals surface area contributed by atoms with Crippen molar-refractivity contribution in [2.24, 2.45) is 0 Å². The number of urea groups is 1. The smallest absolute Gasteiger partial charge is 0.308 e. The number of anilines is 1. The lowest BCUT2D eigenvalue weighted by Gasteiger charge is -2.15. The van der Waals surface area contributed by atoms with Crippen LogP contribution in [0.2, 0.25) is 0 Å². The van der Waals surface area contributed by atoms with Gasteiger partial charge in [-0.05, 0) is 18.2 Å². The molecule has 0 saturated carbocycles. The fourth-order valence-corrected chi connectivity index (χ4v) is 1.32. The van der Waals surface area contributed by atoms with Crippen molar-refractivity contribution in [1.82, 2.24) is 5.32 Å². The van der Waals surface area contributed by atoms with E-state index in [0.29, 0.717) is 5.32 Å². The molecule has 0 aromatic heterocycles. The molecule has 0 aliphatic carbocycles. The van der Waals surface area contributed by atoms with E-state index in [1.807, 2.05) is 0 Å². The van der Waals surface area contributed by atoms with Crippen LogP contribution in [0.3, 0.4) is 0 Å². The van der Waals surface area contributed by atoms with Crippen molar-refractivity contribution in [2.75, 3.05) is 5.32 Å². The van der Waals surface area contributed by atoms with Gasteiger partial charge in [-0.25, -0.2) is 10.1 Å². The maximum Gasteiger partial charge on any atom is 0.485 e. The normalized spacial score (nSPS) is 13.0. The number of hydrogen-bond donors (Lipinski definition) is 2. The first-order chi connectivity index (χ1) is 9.68. The number of alkyl halides is 9. The van der Waals surface area contributed by atoms with Crippen LogP contribution in [-0.4, -0.2) is 12.3 Å². The van der Waals surface area contributed by atoms with Gasteiger partial charge >= 0.3 is 24.7 Å². The summed E-state index contributed by atoms with van der Waals surface area (Å²) in [6, 6.07) is -2.11. The molecule has 0 aliphatic rings. The lowest BCUT2D eigenvalue weighted by molar-refractivity contribution is -0.145. The second-order valence-electron chi connectivity index (χ2n) is 3.87. The second-order valence-corrected chi connectivity index (χ2v) is 3.87. The van der Waals surface area contributed by atoms with Gasteiger partial charge < -0.3 is 5.32 Å². The minimum Gasteiger partial charge on any atom is -0.308 e. The Morgan fingerprint density at radius 1 is 0.773 bits per heavy atom. The van der Waals surface area contributed by atoms with E-state index in [2.05, 4.69) is 0 Å². The van der Waals surface area contributed by atoms with Gasteiger partial charge in [0.1, 0.15) is 0 Å². The summed E-state index contributed by atoms with van der Waals surface area (Å²) < 4.78 is 110. The van der Waals surface area contributed by atoms with Crippen LogP contribution >= 0.6 is 0 Å². The average Bonchev–Trinajstić information content (AvgIpc) is 2.23. The molecule has 3 nitrogen and oxygen atoms in total. The maximum absolute atomic E-state index is 12.5. The Morgan fingerprint density at radius 3 is 1.50 bits per heavy atom. The van der Waals surface area contributed by atoms with Crippen molar-refractivity contribution in [2.45, 2.75) is 18.7 Å². The molecule has 0 saturated heterocycles. The zero-order valence-electron chi connectivity index (χ0n) is 10.0. The molecular formula is C10H5F9N2O. The highest BCUT2D eigenvalue weighted by Crippen LogP contribution is 2.37. The Labute approximate surface area is 116 Å². The average molecular weight is 340 g/mol. The number of benzene rings is 1. The van der Waals surface area contributed by atoms with Crippen LogP contribution in [0, 0.1) is 0 Å². The van der Waals surface area contributed by atoms with Crippen molar-refractivity contribution in [3.8, 4) is 0 Å². The molecule has 1 aromatic rings. The van der Waals surface area contributed by atoms with Gasteiger partial charge in [0.05, 0.1) is 11.1 Å². The van der Waals surface area contributed by atoms with Crippen LogP contribution in [0.1, 0.15) is 11.1 Å². The SMILES string of the molecule is O=C(Nc1cc(C(F)(F)F)cc(C(F)(F)F)c1)NC(F)(F)F. The first-order valence-corrected chi connectivity index (χ1v) is 5.14. The summed E-state index contributed by atoms with van der Waals surface area (Å²) in [4.78, 5) is 10.8. The quantitative estimate of drug-likeness (QED) is 0.579. The number of rotatable bonds is 1. The Morgan fingerprint density at radius 2 is 1.18 bits per heavy atom. The van der Waals surface area contributed by atoms with Gasteiger partial charge in [-0.1, -0.05) is 0 Å². The zero-order valence-corrected chi connectivity index (χ0v) is 10.0. The zero-order chi connectivity index (χ0) is 17.3. The van der Waals surface area contributed by atoms with Crippen LogP contribution < -0.4 is 10.6 Å². The molecule has 124 valence electrons. The summed E-state index contributed by atoms with van der Waals surface area (Å²) in [7, 11) is 0. The standard InChI is InChI=1S/C10H5F9N2O/c11-8(12,13)4-1-5(9(14,15)16)3-6(2-4)20-7(22)21-10(17,18)19/h1-3H,(H2,20,21,22). The van der Waals surface area contributed by atoms with Gasteiger partial charge in [-0.15, -0.1) is 0 Å². The number of carbonyl (C=O) groups is 1. The molecule has 0 unspecified atom stereocenters. The van der Waals surface area contributed by atoms with Gasteiger partial charge in [0.25, 0.3) is 0 Å². The molecule has 0 bridgehead atoms.